The third-order valence-corrected chi connectivity index (χ3v) is 2.14. The van der Waals surface area contributed by atoms with Gasteiger partial charge in [0.05, 0.1) is 13.6 Å². The van der Waals surface area contributed by atoms with Gasteiger partial charge in [0.15, 0.2) is 6.00 Å². The SMILES string of the molecule is C=CC[N+](C)(CCl)CC(C)O. The number of likely N-dealkylation sites (N-methyl/N-ethyl adjacent to an activating group) is 1. The van der Waals surface area contributed by atoms with E-state index < -0.39 is 0 Å². The molecule has 0 bridgehead atoms. The minimum absolute atomic E-state index is 0.307. The number of alkyl halides is 1. The summed E-state index contributed by atoms with van der Waals surface area (Å²) in [5, 5.41) is 9.14. The average molecular weight is 179 g/mol. The highest BCUT2D eigenvalue weighted by Crippen LogP contribution is 2.05. The summed E-state index contributed by atoms with van der Waals surface area (Å²) >= 11 is 5.74. The Morgan fingerprint density at radius 2 is 2.27 bits per heavy atom. The van der Waals surface area contributed by atoms with Gasteiger partial charge in [0, 0.05) is 0 Å². The maximum Gasteiger partial charge on any atom is 0.155 e. The zero-order chi connectivity index (χ0) is 8.91. The van der Waals surface area contributed by atoms with Gasteiger partial charge in [-0.25, -0.2) is 0 Å². The first kappa shape index (κ1) is 11.0. The van der Waals surface area contributed by atoms with Gasteiger partial charge in [-0.3, -0.25) is 0 Å². The highest BCUT2D eigenvalue weighted by molar-refractivity contribution is 6.16. The van der Waals surface area contributed by atoms with E-state index in [1.165, 1.54) is 0 Å². The van der Waals surface area contributed by atoms with E-state index in [0.29, 0.717) is 17.0 Å². The molecule has 2 nitrogen and oxygen atoms in total. The Morgan fingerprint density at radius 3 is 2.55 bits per heavy atom. The first-order valence-corrected chi connectivity index (χ1v) is 4.26. The van der Waals surface area contributed by atoms with Crippen LogP contribution in [0, 0.1) is 0 Å². The molecule has 11 heavy (non-hydrogen) atoms. The second-order valence-corrected chi connectivity index (χ2v) is 3.48. The molecule has 0 heterocycles. The summed E-state index contributed by atoms with van der Waals surface area (Å²) in [6, 6.07) is 0.511. The van der Waals surface area contributed by atoms with Crippen LogP contribution >= 0.6 is 11.6 Å². The molecule has 0 aliphatic heterocycles. The standard InChI is InChI=1S/C8H17ClNO/c1-4-5-10(3,7-9)6-8(2)11/h4,8,11H,1,5-7H2,2-3H3/q+1. The number of hydrogen-bond acceptors (Lipinski definition) is 1. The van der Waals surface area contributed by atoms with Crippen LogP contribution in [0.2, 0.25) is 0 Å². The summed E-state index contributed by atoms with van der Waals surface area (Å²) in [7, 11) is 2.00. The van der Waals surface area contributed by atoms with E-state index in [9.17, 15) is 0 Å². The normalized spacial score (nSPS) is 18.9. The molecule has 3 heteroatoms. The smallest absolute Gasteiger partial charge is 0.155 e. The number of aliphatic hydroxyl groups excluding tert-OH is 1. The minimum atomic E-state index is -0.307. The lowest BCUT2D eigenvalue weighted by Crippen LogP contribution is -2.47. The van der Waals surface area contributed by atoms with E-state index >= 15 is 0 Å². The van der Waals surface area contributed by atoms with Crippen LogP contribution in [0.3, 0.4) is 0 Å². The fourth-order valence-electron chi connectivity index (χ4n) is 1.12. The monoisotopic (exact) mass is 178 g/mol. The number of nitrogens with zero attached hydrogens (tertiary/aromatic N) is 1. The summed E-state index contributed by atoms with van der Waals surface area (Å²) < 4.78 is 0.642. The molecule has 0 rings (SSSR count). The Labute approximate surface area is 73.7 Å². The second-order valence-electron chi connectivity index (χ2n) is 3.24. The van der Waals surface area contributed by atoms with Crippen LogP contribution in [-0.2, 0) is 0 Å². The van der Waals surface area contributed by atoms with Crippen LogP contribution < -0.4 is 0 Å². The van der Waals surface area contributed by atoms with Crippen molar-refractivity contribution in [2.24, 2.45) is 0 Å². The van der Waals surface area contributed by atoms with Crippen LogP contribution in [0.15, 0.2) is 12.7 Å². The van der Waals surface area contributed by atoms with E-state index in [0.717, 1.165) is 6.54 Å². The molecule has 0 aliphatic rings. The molecule has 0 amide bonds. The van der Waals surface area contributed by atoms with E-state index in [-0.39, 0.29) is 6.10 Å². The van der Waals surface area contributed by atoms with Crippen molar-refractivity contribution >= 4 is 11.6 Å². The molecule has 0 spiro atoms. The Bertz CT molecular complexity index is 127. The summed E-state index contributed by atoms with van der Waals surface area (Å²) in [6.45, 7) is 6.89. The molecule has 1 N–H and O–H groups in total. The Morgan fingerprint density at radius 1 is 1.73 bits per heavy atom. The zero-order valence-corrected chi connectivity index (χ0v) is 8.01. The van der Waals surface area contributed by atoms with Crippen molar-refractivity contribution in [1.29, 1.82) is 0 Å². The molecule has 66 valence electrons. The molecular weight excluding hydrogens is 162 g/mol. The van der Waals surface area contributed by atoms with Crippen LogP contribution in [-0.4, -0.2) is 41.8 Å². The van der Waals surface area contributed by atoms with Crippen molar-refractivity contribution < 1.29 is 9.59 Å². The van der Waals surface area contributed by atoms with E-state index in [1.807, 2.05) is 13.1 Å². The molecule has 0 radical (unpaired) electrons. The van der Waals surface area contributed by atoms with Gasteiger partial charge in [-0.05, 0) is 13.0 Å². The maximum atomic E-state index is 9.14. The van der Waals surface area contributed by atoms with Crippen molar-refractivity contribution in [2.45, 2.75) is 13.0 Å². The van der Waals surface area contributed by atoms with E-state index in [1.54, 1.807) is 6.92 Å². The Kier molecular flexibility index (Phi) is 4.73. The Balaban J connectivity index is 3.97. The predicted octanol–water partition coefficient (Wildman–Crippen LogP) is 1.20. The first-order chi connectivity index (χ1) is 5.04. The molecular formula is C8H17ClNO+. The van der Waals surface area contributed by atoms with Crippen molar-refractivity contribution in [1.82, 2.24) is 0 Å². The number of quaternary nitrogens is 1. The molecule has 0 fully saturated rings. The predicted molar refractivity (Wildman–Crippen MR) is 48.5 cm³/mol. The lowest BCUT2D eigenvalue weighted by atomic mass is 10.3. The van der Waals surface area contributed by atoms with Crippen LogP contribution in [0.1, 0.15) is 6.92 Å². The number of hydrogen-bond donors (Lipinski definition) is 1. The minimum Gasteiger partial charge on any atom is -0.388 e. The van der Waals surface area contributed by atoms with Crippen LogP contribution in [0.4, 0.5) is 0 Å². The van der Waals surface area contributed by atoms with Gasteiger partial charge < -0.3 is 9.59 Å². The van der Waals surface area contributed by atoms with Crippen molar-refractivity contribution in [3.8, 4) is 0 Å². The summed E-state index contributed by atoms with van der Waals surface area (Å²) in [5.74, 6) is 0. The molecule has 2 unspecified atom stereocenters. The Hall–Kier alpha value is -0.0500. The van der Waals surface area contributed by atoms with Crippen LogP contribution in [0.25, 0.3) is 0 Å². The van der Waals surface area contributed by atoms with Crippen molar-refractivity contribution in [3.63, 3.8) is 0 Å². The van der Waals surface area contributed by atoms with E-state index in [4.69, 9.17) is 16.7 Å². The fraction of sp³-hybridized carbons (Fsp3) is 0.750. The molecule has 0 aromatic rings. The summed E-state index contributed by atoms with van der Waals surface area (Å²) in [4.78, 5) is 0. The van der Waals surface area contributed by atoms with Gasteiger partial charge in [0.2, 0.25) is 0 Å². The topological polar surface area (TPSA) is 20.2 Å². The highest BCUT2D eigenvalue weighted by Gasteiger charge is 2.20. The largest absolute Gasteiger partial charge is 0.388 e. The molecule has 0 aliphatic carbocycles. The number of rotatable bonds is 5. The van der Waals surface area contributed by atoms with Gasteiger partial charge in [-0.1, -0.05) is 18.2 Å². The van der Waals surface area contributed by atoms with Gasteiger partial charge in [0.25, 0.3) is 0 Å². The number of aliphatic hydroxyl groups is 1. The number of halogens is 1. The third-order valence-electron chi connectivity index (χ3n) is 1.56. The zero-order valence-electron chi connectivity index (χ0n) is 7.26. The second kappa shape index (κ2) is 4.75. The third kappa shape index (κ3) is 4.40. The van der Waals surface area contributed by atoms with Gasteiger partial charge in [0.1, 0.15) is 12.6 Å². The molecule has 0 saturated heterocycles. The molecule has 0 aromatic heterocycles. The van der Waals surface area contributed by atoms with Crippen LogP contribution in [0.5, 0.6) is 0 Å². The molecule has 0 aromatic carbocycles. The van der Waals surface area contributed by atoms with Gasteiger partial charge >= 0.3 is 0 Å². The van der Waals surface area contributed by atoms with Crippen molar-refractivity contribution in [2.75, 3.05) is 26.1 Å². The average Bonchev–Trinajstić information content (AvgIpc) is 1.87. The molecule has 0 saturated carbocycles. The molecule has 2 atom stereocenters. The van der Waals surface area contributed by atoms with Crippen molar-refractivity contribution in [3.05, 3.63) is 12.7 Å². The quantitative estimate of drug-likeness (QED) is 0.290. The van der Waals surface area contributed by atoms with Gasteiger partial charge in [-0.15, -0.1) is 0 Å². The summed E-state index contributed by atoms with van der Waals surface area (Å²) in [5.41, 5.74) is 0. The highest BCUT2D eigenvalue weighted by atomic mass is 35.5. The fourth-order valence-corrected chi connectivity index (χ4v) is 1.32. The first-order valence-electron chi connectivity index (χ1n) is 3.72. The lowest BCUT2D eigenvalue weighted by Gasteiger charge is -2.31. The maximum absolute atomic E-state index is 9.14. The van der Waals surface area contributed by atoms with E-state index in [2.05, 4.69) is 6.58 Å². The lowest BCUT2D eigenvalue weighted by molar-refractivity contribution is -0.895. The summed E-state index contributed by atoms with van der Waals surface area (Å²) in [6.07, 6.45) is 1.52. The van der Waals surface area contributed by atoms with Gasteiger partial charge in [-0.2, -0.15) is 0 Å².